The van der Waals surface area contributed by atoms with Gasteiger partial charge in [-0.15, -0.1) is 0 Å². The maximum Gasteiger partial charge on any atom is 0.334 e. The minimum atomic E-state index is -3.62. The number of ether oxygens (including phenoxy) is 2. The standard InChI is InChI=1S/C14H17NO5S/c1-3-19-14(16)11-7-8-20-13-10(9-11)5-4-6-12(13)21(17,18)15-2/h4-6,9,15H,3,7-8H2,1-2H3. The number of carbonyl (C=O) groups excluding carboxylic acids is 1. The van der Waals surface area contributed by atoms with Gasteiger partial charge in [0.15, 0.2) is 0 Å². The predicted molar refractivity (Wildman–Crippen MR) is 77.4 cm³/mol. The largest absolute Gasteiger partial charge is 0.491 e. The molecule has 0 radical (unpaired) electrons. The van der Waals surface area contributed by atoms with E-state index in [2.05, 4.69) is 4.72 Å². The summed E-state index contributed by atoms with van der Waals surface area (Å²) in [5.41, 5.74) is 1.02. The monoisotopic (exact) mass is 311 g/mol. The van der Waals surface area contributed by atoms with Crippen LogP contribution in [0.1, 0.15) is 18.9 Å². The Morgan fingerprint density at radius 2 is 2.19 bits per heavy atom. The molecule has 0 amide bonds. The molecular weight excluding hydrogens is 294 g/mol. The molecule has 0 aliphatic carbocycles. The van der Waals surface area contributed by atoms with Crippen LogP contribution in [0.2, 0.25) is 0 Å². The molecule has 6 nitrogen and oxygen atoms in total. The Hall–Kier alpha value is -1.86. The van der Waals surface area contributed by atoms with E-state index in [1.54, 1.807) is 25.1 Å². The van der Waals surface area contributed by atoms with Crippen molar-refractivity contribution in [2.24, 2.45) is 0 Å². The molecule has 21 heavy (non-hydrogen) atoms. The minimum Gasteiger partial charge on any atom is -0.491 e. The van der Waals surface area contributed by atoms with Crippen LogP contribution in [0.3, 0.4) is 0 Å². The van der Waals surface area contributed by atoms with Gasteiger partial charge in [-0.05, 0) is 26.1 Å². The zero-order valence-electron chi connectivity index (χ0n) is 11.9. The van der Waals surface area contributed by atoms with E-state index in [9.17, 15) is 13.2 Å². The number of carbonyl (C=O) groups is 1. The Morgan fingerprint density at radius 1 is 1.43 bits per heavy atom. The molecule has 0 atom stereocenters. The number of hydrogen-bond donors (Lipinski definition) is 1. The van der Waals surface area contributed by atoms with Gasteiger partial charge in [0, 0.05) is 17.6 Å². The van der Waals surface area contributed by atoms with Crippen molar-refractivity contribution in [1.82, 2.24) is 4.72 Å². The fourth-order valence-corrected chi connectivity index (χ4v) is 2.93. The Balaban J connectivity index is 2.50. The number of sulfonamides is 1. The Morgan fingerprint density at radius 3 is 2.86 bits per heavy atom. The SMILES string of the molecule is CCOC(=O)C1=Cc2cccc(S(=O)(=O)NC)c2OCC1. The molecule has 0 aromatic heterocycles. The third-order valence-electron chi connectivity index (χ3n) is 3.05. The molecule has 1 aromatic rings. The molecule has 0 unspecified atom stereocenters. The first-order valence-electron chi connectivity index (χ1n) is 6.56. The molecule has 0 spiro atoms. The van der Waals surface area contributed by atoms with Crippen LogP contribution in [-0.4, -0.2) is 34.6 Å². The third-order valence-corrected chi connectivity index (χ3v) is 4.49. The summed E-state index contributed by atoms with van der Waals surface area (Å²) in [5, 5.41) is 0. The van der Waals surface area contributed by atoms with Crippen molar-refractivity contribution in [3.63, 3.8) is 0 Å². The van der Waals surface area contributed by atoms with Crippen molar-refractivity contribution >= 4 is 22.1 Å². The second-order valence-corrected chi connectivity index (χ2v) is 6.23. The van der Waals surface area contributed by atoms with E-state index in [0.717, 1.165) is 0 Å². The number of esters is 1. The van der Waals surface area contributed by atoms with Crippen LogP contribution in [0.5, 0.6) is 5.75 Å². The van der Waals surface area contributed by atoms with Crippen LogP contribution in [0.4, 0.5) is 0 Å². The van der Waals surface area contributed by atoms with E-state index in [4.69, 9.17) is 9.47 Å². The summed E-state index contributed by atoms with van der Waals surface area (Å²) < 4.78 is 36.8. The number of para-hydroxylation sites is 1. The summed E-state index contributed by atoms with van der Waals surface area (Å²) in [5.74, 6) is -0.151. The van der Waals surface area contributed by atoms with E-state index < -0.39 is 16.0 Å². The normalized spacial score (nSPS) is 14.5. The molecule has 1 heterocycles. The maximum absolute atomic E-state index is 12.0. The van der Waals surface area contributed by atoms with Crippen LogP contribution >= 0.6 is 0 Å². The molecule has 0 fully saturated rings. The van der Waals surface area contributed by atoms with Gasteiger partial charge in [-0.25, -0.2) is 17.9 Å². The van der Waals surface area contributed by atoms with Crippen molar-refractivity contribution in [3.8, 4) is 5.75 Å². The van der Waals surface area contributed by atoms with Crippen LogP contribution in [0, 0.1) is 0 Å². The van der Waals surface area contributed by atoms with Crippen LogP contribution in [-0.2, 0) is 19.6 Å². The molecule has 1 aromatic carbocycles. The number of fused-ring (bicyclic) bond motifs is 1. The lowest BCUT2D eigenvalue weighted by Crippen LogP contribution is -2.19. The van der Waals surface area contributed by atoms with Crippen molar-refractivity contribution in [2.75, 3.05) is 20.3 Å². The lowest BCUT2D eigenvalue weighted by molar-refractivity contribution is -0.138. The van der Waals surface area contributed by atoms with Crippen molar-refractivity contribution < 1.29 is 22.7 Å². The Kier molecular flexibility index (Phi) is 4.64. The molecule has 0 saturated carbocycles. The highest BCUT2D eigenvalue weighted by Gasteiger charge is 2.23. The van der Waals surface area contributed by atoms with Gasteiger partial charge in [-0.2, -0.15) is 0 Å². The summed E-state index contributed by atoms with van der Waals surface area (Å²) in [6.07, 6.45) is 1.99. The van der Waals surface area contributed by atoms with Gasteiger partial charge in [0.1, 0.15) is 10.6 Å². The molecule has 1 aliphatic heterocycles. The fourth-order valence-electron chi connectivity index (χ4n) is 2.03. The quantitative estimate of drug-likeness (QED) is 0.848. The topological polar surface area (TPSA) is 81.7 Å². The van der Waals surface area contributed by atoms with E-state index in [0.29, 0.717) is 17.6 Å². The summed E-state index contributed by atoms with van der Waals surface area (Å²) in [6, 6.07) is 4.78. The van der Waals surface area contributed by atoms with Crippen LogP contribution in [0.15, 0.2) is 28.7 Å². The maximum atomic E-state index is 12.0. The molecule has 114 valence electrons. The molecule has 2 rings (SSSR count). The van der Waals surface area contributed by atoms with Gasteiger partial charge < -0.3 is 9.47 Å². The molecule has 0 saturated heterocycles. The van der Waals surface area contributed by atoms with E-state index >= 15 is 0 Å². The van der Waals surface area contributed by atoms with Gasteiger partial charge in [0.05, 0.1) is 13.2 Å². The molecule has 1 N–H and O–H groups in total. The average Bonchev–Trinajstić information content (AvgIpc) is 2.69. The Labute approximate surface area is 123 Å². The third kappa shape index (κ3) is 3.25. The van der Waals surface area contributed by atoms with Crippen molar-refractivity contribution in [2.45, 2.75) is 18.2 Å². The summed E-state index contributed by atoms with van der Waals surface area (Å²) in [4.78, 5) is 11.9. The van der Waals surface area contributed by atoms with Gasteiger partial charge in [-0.1, -0.05) is 12.1 Å². The fraction of sp³-hybridized carbons (Fsp3) is 0.357. The van der Waals surface area contributed by atoms with E-state index in [1.165, 1.54) is 13.1 Å². The van der Waals surface area contributed by atoms with Crippen molar-refractivity contribution in [1.29, 1.82) is 0 Å². The summed E-state index contributed by atoms with van der Waals surface area (Å²) in [6.45, 7) is 2.24. The second kappa shape index (κ2) is 6.28. The van der Waals surface area contributed by atoms with E-state index in [1.807, 2.05) is 0 Å². The number of benzene rings is 1. The first kappa shape index (κ1) is 15.5. The average molecular weight is 311 g/mol. The lowest BCUT2D eigenvalue weighted by Gasteiger charge is -2.11. The van der Waals surface area contributed by atoms with Crippen LogP contribution < -0.4 is 9.46 Å². The van der Waals surface area contributed by atoms with E-state index in [-0.39, 0.29) is 23.9 Å². The predicted octanol–water partition coefficient (Wildman–Crippen LogP) is 1.32. The summed E-state index contributed by atoms with van der Waals surface area (Å²) in [7, 11) is -2.29. The highest BCUT2D eigenvalue weighted by atomic mass is 32.2. The number of hydrogen-bond acceptors (Lipinski definition) is 5. The first-order chi connectivity index (χ1) is 9.99. The highest BCUT2D eigenvalue weighted by molar-refractivity contribution is 7.89. The first-order valence-corrected chi connectivity index (χ1v) is 8.05. The Bertz CT molecular complexity index is 679. The molecular formula is C14H17NO5S. The smallest absolute Gasteiger partial charge is 0.334 e. The van der Waals surface area contributed by atoms with Crippen molar-refractivity contribution in [3.05, 3.63) is 29.3 Å². The lowest BCUT2D eigenvalue weighted by atomic mass is 10.1. The van der Waals surface area contributed by atoms with Gasteiger partial charge >= 0.3 is 5.97 Å². The summed E-state index contributed by atoms with van der Waals surface area (Å²) >= 11 is 0. The van der Waals surface area contributed by atoms with Crippen LogP contribution in [0.25, 0.3) is 6.08 Å². The molecule has 7 heteroatoms. The molecule has 0 bridgehead atoms. The van der Waals surface area contributed by atoms with Gasteiger partial charge in [0.25, 0.3) is 0 Å². The highest BCUT2D eigenvalue weighted by Crippen LogP contribution is 2.32. The zero-order chi connectivity index (χ0) is 15.5. The number of nitrogens with one attached hydrogen (secondary N) is 1. The second-order valence-electron chi connectivity index (χ2n) is 4.37. The molecule has 1 aliphatic rings. The zero-order valence-corrected chi connectivity index (χ0v) is 12.7. The minimum absolute atomic E-state index is 0.0591. The number of rotatable bonds is 4. The van der Waals surface area contributed by atoms with Gasteiger partial charge in [-0.3, -0.25) is 0 Å². The van der Waals surface area contributed by atoms with Gasteiger partial charge in [0.2, 0.25) is 10.0 Å².